The highest BCUT2D eigenvalue weighted by atomic mass is 16.5. The van der Waals surface area contributed by atoms with Crippen LogP contribution < -0.4 is 26.0 Å². The number of hydrogen-bond donors (Lipinski definition) is 4. The molecule has 0 radical (unpaired) electrons. The van der Waals surface area contributed by atoms with E-state index in [1.807, 2.05) is 31.2 Å². The molecular weight excluding hydrogens is 334 g/mol. The molecule has 2 aromatic heterocycles. The topological polar surface area (TPSA) is 105 Å². The van der Waals surface area contributed by atoms with Gasteiger partial charge in [0.05, 0.1) is 19.0 Å². The van der Waals surface area contributed by atoms with Crippen LogP contribution in [0.15, 0.2) is 30.5 Å². The third-order valence-corrected chi connectivity index (χ3v) is 3.82. The average molecular weight is 355 g/mol. The first kappa shape index (κ1) is 17.3. The van der Waals surface area contributed by atoms with Gasteiger partial charge in [0.25, 0.3) is 0 Å². The summed E-state index contributed by atoms with van der Waals surface area (Å²) >= 11 is 0. The molecule has 0 aliphatic carbocycles. The lowest BCUT2D eigenvalue weighted by Gasteiger charge is -2.13. The Labute approximate surface area is 150 Å². The van der Waals surface area contributed by atoms with Crippen molar-refractivity contribution in [3.63, 3.8) is 0 Å². The fourth-order valence-electron chi connectivity index (χ4n) is 2.54. The number of aromatic nitrogens is 3. The number of rotatable bonds is 5. The Morgan fingerprint density at radius 3 is 2.69 bits per heavy atom. The standard InChI is InChI=1S/C17H21N7O2/c1-10-5-6-13(26-4)11(7-10)21-14-8-15(18-2)24-16(23-14)12(9-20-24)22-17(25)19-3/h5-9,18H,1-4H3,(H,21,23)(H2,19,22,25). The van der Waals surface area contributed by atoms with E-state index in [-0.39, 0.29) is 6.03 Å². The number of hydrogen-bond acceptors (Lipinski definition) is 6. The van der Waals surface area contributed by atoms with Crippen molar-refractivity contribution in [3.05, 3.63) is 36.0 Å². The molecular formula is C17H21N7O2. The molecule has 3 rings (SSSR count). The Balaban J connectivity index is 2.05. The molecule has 1 aromatic carbocycles. The monoisotopic (exact) mass is 355 g/mol. The molecule has 0 spiro atoms. The molecule has 0 fully saturated rings. The van der Waals surface area contributed by atoms with Crippen LogP contribution in [0.5, 0.6) is 5.75 Å². The van der Waals surface area contributed by atoms with E-state index in [1.165, 1.54) is 0 Å². The Bertz CT molecular complexity index is 952. The molecule has 0 atom stereocenters. The van der Waals surface area contributed by atoms with E-state index in [9.17, 15) is 4.79 Å². The quantitative estimate of drug-likeness (QED) is 0.561. The lowest BCUT2D eigenvalue weighted by molar-refractivity contribution is 0.254. The lowest BCUT2D eigenvalue weighted by atomic mass is 10.2. The fourth-order valence-corrected chi connectivity index (χ4v) is 2.54. The summed E-state index contributed by atoms with van der Waals surface area (Å²) in [4.78, 5) is 16.2. The maximum atomic E-state index is 11.6. The number of fused-ring (bicyclic) bond motifs is 1. The van der Waals surface area contributed by atoms with Gasteiger partial charge in [-0.2, -0.15) is 9.61 Å². The summed E-state index contributed by atoms with van der Waals surface area (Å²) in [6, 6.07) is 7.33. The zero-order valence-corrected chi connectivity index (χ0v) is 15.0. The van der Waals surface area contributed by atoms with E-state index >= 15 is 0 Å². The first-order valence-corrected chi connectivity index (χ1v) is 8.02. The van der Waals surface area contributed by atoms with Crippen LogP contribution in [0.3, 0.4) is 0 Å². The number of nitrogens with zero attached hydrogens (tertiary/aromatic N) is 3. The Morgan fingerprint density at radius 2 is 2.00 bits per heavy atom. The number of anilines is 4. The van der Waals surface area contributed by atoms with Gasteiger partial charge in [0, 0.05) is 20.2 Å². The maximum Gasteiger partial charge on any atom is 0.319 e. The van der Waals surface area contributed by atoms with Crippen molar-refractivity contribution < 1.29 is 9.53 Å². The molecule has 0 aliphatic heterocycles. The molecule has 0 aliphatic rings. The molecule has 136 valence electrons. The highest BCUT2D eigenvalue weighted by Gasteiger charge is 2.14. The van der Waals surface area contributed by atoms with Crippen LogP contribution in [0.2, 0.25) is 0 Å². The summed E-state index contributed by atoms with van der Waals surface area (Å²) in [6.07, 6.45) is 1.55. The van der Waals surface area contributed by atoms with E-state index in [4.69, 9.17) is 4.74 Å². The van der Waals surface area contributed by atoms with E-state index < -0.39 is 0 Å². The average Bonchev–Trinajstić information content (AvgIpc) is 3.04. The summed E-state index contributed by atoms with van der Waals surface area (Å²) < 4.78 is 7.02. The smallest absolute Gasteiger partial charge is 0.319 e. The number of carbonyl (C=O) groups is 1. The van der Waals surface area contributed by atoms with Crippen molar-refractivity contribution in [3.8, 4) is 5.75 Å². The number of ether oxygens (including phenoxy) is 1. The van der Waals surface area contributed by atoms with Gasteiger partial charge in [0.15, 0.2) is 5.65 Å². The summed E-state index contributed by atoms with van der Waals surface area (Å²) in [7, 11) is 4.96. The third-order valence-electron chi connectivity index (χ3n) is 3.82. The van der Waals surface area contributed by atoms with Gasteiger partial charge >= 0.3 is 6.03 Å². The second kappa shape index (κ2) is 7.18. The number of aryl methyl sites for hydroxylation is 1. The van der Waals surface area contributed by atoms with Gasteiger partial charge in [-0.3, -0.25) is 0 Å². The predicted octanol–water partition coefficient (Wildman–Crippen LogP) is 2.58. The van der Waals surface area contributed by atoms with Crippen LogP contribution in [0, 0.1) is 6.92 Å². The van der Waals surface area contributed by atoms with Gasteiger partial charge in [-0.15, -0.1) is 0 Å². The summed E-state index contributed by atoms with van der Waals surface area (Å²) in [5.41, 5.74) is 2.90. The molecule has 0 unspecified atom stereocenters. The molecule has 4 N–H and O–H groups in total. The van der Waals surface area contributed by atoms with Crippen LogP contribution in [-0.4, -0.2) is 41.8 Å². The van der Waals surface area contributed by atoms with Gasteiger partial charge in [-0.25, -0.2) is 9.78 Å². The van der Waals surface area contributed by atoms with Crippen molar-refractivity contribution in [1.82, 2.24) is 19.9 Å². The van der Waals surface area contributed by atoms with Crippen LogP contribution in [0.4, 0.5) is 27.8 Å². The van der Waals surface area contributed by atoms with E-state index in [1.54, 1.807) is 31.9 Å². The van der Waals surface area contributed by atoms with E-state index in [2.05, 4.69) is 31.3 Å². The minimum absolute atomic E-state index is 0.341. The molecule has 0 bridgehead atoms. The second-order valence-electron chi connectivity index (χ2n) is 5.60. The minimum atomic E-state index is -0.341. The normalized spacial score (nSPS) is 10.5. The first-order chi connectivity index (χ1) is 12.5. The molecule has 9 nitrogen and oxygen atoms in total. The van der Waals surface area contributed by atoms with Crippen molar-refractivity contribution >= 4 is 34.7 Å². The minimum Gasteiger partial charge on any atom is -0.495 e. The molecule has 0 saturated heterocycles. The van der Waals surface area contributed by atoms with E-state index in [0.29, 0.717) is 28.7 Å². The third kappa shape index (κ3) is 3.32. The molecule has 0 saturated carbocycles. The van der Waals surface area contributed by atoms with E-state index in [0.717, 1.165) is 11.3 Å². The number of nitrogens with one attached hydrogen (secondary N) is 4. The van der Waals surface area contributed by atoms with Crippen molar-refractivity contribution in [2.24, 2.45) is 0 Å². The van der Waals surface area contributed by atoms with Crippen molar-refractivity contribution in [2.45, 2.75) is 6.92 Å². The van der Waals surface area contributed by atoms with Gasteiger partial charge < -0.3 is 26.0 Å². The van der Waals surface area contributed by atoms with Crippen molar-refractivity contribution in [2.75, 3.05) is 37.2 Å². The van der Waals surface area contributed by atoms with Gasteiger partial charge in [-0.05, 0) is 24.6 Å². The first-order valence-electron chi connectivity index (χ1n) is 8.02. The molecule has 2 heterocycles. The highest BCUT2D eigenvalue weighted by Crippen LogP contribution is 2.30. The van der Waals surface area contributed by atoms with Crippen LogP contribution in [0.1, 0.15) is 5.56 Å². The zero-order valence-electron chi connectivity index (χ0n) is 15.0. The second-order valence-corrected chi connectivity index (χ2v) is 5.60. The van der Waals surface area contributed by atoms with Crippen LogP contribution in [-0.2, 0) is 0 Å². The van der Waals surface area contributed by atoms with Crippen LogP contribution in [0.25, 0.3) is 5.65 Å². The van der Waals surface area contributed by atoms with Crippen LogP contribution >= 0.6 is 0 Å². The highest BCUT2D eigenvalue weighted by molar-refractivity contribution is 5.93. The maximum absolute atomic E-state index is 11.6. The molecule has 26 heavy (non-hydrogen) atoms. The number of methoxy groups -OCH3 is 1. The number of carbonyl (C=O) groups excluding carboxylic acids is 1. The van der Waals surface area contributed by atoms with Gasteiger partial charge in [-0.1, -0.05) is 6.07 Å². The van der Waals surface area contributed by atoms with Crippen molar-refractivity contribution in [1.29, 1.82) is 0 Å². The zero-order chi connectivity index (χ0) is 18.7. The SMILES string of the molecule is CNC(=O)Nc1cnn2c(NC)cc(Nc3cc(C)ccc3OC)nc12. The lowest BCUT2D eigenvalue weighted by Crippen LogP contribution is -2.24. The predicted molar refractivity (Wildman–Crippen MR) is 102 cm³/mol. The molecule has 3 aromatic rings. The number of urea groups is 1. The number of benzene rings is 1. The van der Waals surface area contributed by atoms with Gasteiger partial charge in [0.2, 0.25) is 0 Å². The Morgan fingerprint density at radius 1 is 1.19 bits per heavy atom. The summed E-state index contributed by atoms with van der Waals surface area (Å²) in [5.74, 6) is 2.01. The largest absolute Gasteiger partial charge is 0.495 e. The molecule has 2 amide bonds. The summed E-state index contributed by atoms with van der Waals surface area (Å²) in [6.45, 7) is 2.00. The fraction of sp³-hybridized carbons (Fsp3) is 0.235. The summed E-state index contributed by atoms with van der Waals surface area (Å²) in [5, 5.41) is 15.8. The van der Waals surface area contributed by atoms with Gasteiger partial charge in [0.1, 0.15) is 23.1 Å². The molecule has 9 heteroatoms. The Hall–Kier alpha value is -3.49. The Kier molecular flexibility index (Phi) is 4.78. The number of amides is 2.